The van der Waals surface area contributed by atoms with Crippen LogP contribution in [0.15, 0.2) is 12.2 Å². The molecule has 0 aliphatic heterocycles. The highest BCUT2D eigenvalue weighted by atomic mass is 16.8. The van der Waals surface area contributed by atoms with E-state index >= 15 is 0 Å². The molecule has 0 spiro atoms. The van der Waals surface area contributed by atoms with Crippen LogP contribution >= 0.6 is 0 Å². The van der Waals surface area contributed by atoms with Gasteiger partial charge in [0.15, 0.2) is 6.79 Å². The van der Waals surface area contributed by atoms with Crippen LogP contribution in [-0.4, -0.2) is 34.1 Å². The van der Waals surface area contributed by atoms with Gasteiger partial charge >= 0.3 is 0 Å². The molecule has 0 radical (unpaired) electrons. The minimum Gasteiger partial charge on any atom is -0.359 e. The van der Waals surface area contributed by atoms with Crippen molar-refractivity contribution in [3.8, 4) is 0 Å². The average Bonchev–Trinajstić information content (AvgIpc) is 2.10. The van der Waals surface area contributed by atoms with Crippen molar-refractivity contribution >= 4 is 0 Å². The first-order chi connectivity index (χ1) is 5.91. The Morgan fingerprint density at radius 1 is 1.00 bits per heavy atom. The van der Waals surface area contributed by atoms with Gasteiger partial charge in [0.2, 0.25) is 0 Å². The van der Waals surface area contributed by atoms with Crippen LogP contribution in [-0.2, 0) is 18.9 Å². The minimum atomic E-state index is 0.198. The summed E-state index contributed by atoms with van der Waals surface area (Å²) in [6.45, 7) is 3.19. The van der Waals surface area contributed by atoms with E-state index in [2.05, 4.69) is 4.74 Å². The molecule has 0 saturated heterocycles. The molecular formula is C8H16O4. The third kappa shape index (κ3) is 9.58. The second-order valence-electron chi connectivity index (χ2n) is 1.99. The first-order valence-corrected chi connectivity index (χ1v) is 3.75. The molecule has 0 saturated carbocycles. The third-order valence-corrected chi connectivity index (χ3v) is 0.984. The Kier molecular flexibility index (Phi) is 10.2. The number of ether oxygens (including phenoxy) is 4. The maximum Gasteiger partial charge on any atom is 0.152 e. The van der Waals surface area contributed by atoms with Crippen LogP contribution in [0.1, 0.15) is 6.92 Å². The molecule has 72 valence electrons. The van der Waals surface area contributed by atoms with Crippen LogP contribution in [0, 0.1) is 0 Å². The van der Waals surface area contributed by atoms with E-state index in [0.29, 0.717) is 6.61 Å². The Labute approximate surface area is 73.1 Å². The lowest BCUT2D eigenvalue weighted by Gasteiger charge is -2.03. The molecule has 12 heavy (non-hydrogen) atoms. The zero-order valence-electron chi connectivity index (χ0n) is 7.62. The minimum absolute atomic E-state index is 0.198. The van der Waals surface area contributed by atoms with Gasteiger partial charge in [0.25, 0.3) is 0 Å². The van der Waals surface area contributed by atoms with Crippen molar-refractivity contribution in [1.29, 1.82) is 0 Å². The molecule has 0 atom stereocenters. The van der Waals surface area contributed by atoms with E-state index in [-0.39, 0.29) is 20.4 Å². The lowest BCUT2D eigenvalue weighted by atomic mass is 10.6. The van der Waals surface area contributed by atoms with Crippen LogP contribution in [0.25, 0.3) is 0 Å². The standard InChI is InChI=1S/C8H16O4/c1-3-4-5-10-7-12-8-11-6-9-2/h3-4H,5-8H2,1-2H3/b4-3+. The van der Waals surface area contributed by atoms with Gasteiger partial charge in [-0.25, -0.2) is 0 Å². The quantitative estimate of drug-likeness (QED) is 0.315. The van der Waals surface area contributed by atoms with Crippen LogP contribution in [0.5, 0.6) is 0 Å². The summed E-state index contributed by atoms with van der Waals surface area (Å²) in [7, 11) is 1.56. The maximum absolute atomic E-state index is 5.02. The summed E-state index contributed by atoms with van der Waals surface area (Å²) in [6.07, 6.45) is 3.82. The van der Waals surface area contributed by atoms with E-state index in [4.69, 9.17) is 14.2 Å². The summed E-state index contributed by atoms with van der Waals surface area (Å²) in [4.78, 5) is 0. The highest BCUT2D eigenvalue weighted by Gasteiger charge is 1.85. The molecular weight excluding hydrogens is 160 g/mol. The van der Waals surface area contributed by atoms with Crippen LogP contribution in [0.2, 0.25) is 0 Å². The Balaban J connectivity index is 2.81. The fraction of sp³-hybridized carbons (Fsp3) is 0.750. The van der Waals surface area contributed by atoms with Gasteiger partial charge < -0.3 is 18.9 Å². The van der Waals surface area contributed by atoms with E-state index in [1.165, 1.54) is 0 Å². The van der Waals surface area contributed by atoms with E-state index in [1.807, 2.05) is 19.1 Å². The fourth-order valence-electron chi connectivity index (χ4n) is 0.482. The monoisotopic (exact) mass is 176 g/mol. The molecule has 0 aromatic heterocycles. The van der Waals surface area contributed by atoms with Crippen molar-refractivity contribution in [3.05, 3.63) is 12.2 Å². The van der Waals surface area contributed by atoms with Gasteiger partial charge in [0, 0.05) is 7.11 Å². The zero-order chi connectivity index (χ0) is 9.07. The normalized spacial score (nSPS) is 11.2. The van der Waals surface area contributed by atoms with E-state index in [0.717, 1.165) is 0 Å². The molecule has 0 amide bonds. The Bertz CT molecular complexity index is 103. The largest absolute Gasteiger partial charge is 0.359 e. The van der Waals surface area contributed by atoms with Crippen LogP contribution in [0.4, 0.5) is 0 Å². The lowest BCUT2D eigenvalue weighted by molar-refractivity contribution is -0.161. The molecule has 0 fully saturated rings. The van der Waals surface area contributed by atoms with Crippen LogP contribution in [0.3, 0.4) is 0 Å². The SMILES string of the molecule is C/C=C/COCOCOCOC. The second-order valence-corrected chi connectivity index (χ2v) is 1.99. The molecule has 0 bridgehead atoms. The summed E-state index contributed by atoms with van der Waals surface area (Å²) in [5.74, 6) is 0. The summed E-state index contributed by atoms with van der Waals surface area (Å²) in [5.41, 5.74) is 0. The predicted molar refractivity (Wildman–Crippen MR) is 44.5 cm³/mol. The van der Waals surface area contributed by atoms with Gasteiger partial charge in [-0.1, -0.05) is 12.2 Å². The van der Waals surface area contributed by atoms with Gasteiger partial charge in [-0.2, -0.15) is 0 Å². The highest BCUT2D eigenvalue weighted by molar-refractivity contribution is 4.75. The molecule has 0 aliphatic carbocycles. The van der Waals surface area contributed by atoms with Crippen molar-refractivity contribution in [2.45, 2.75) is 6.92 Å². The summed E-state index contributed by atoms with van der Waals surface area (Å²) >= 11 is 0. The molecule has 0 aromatic carbocycles. The summed E-state index contributed by atoms with van der Waals surface area (Å²) < 4.78 is 19.4. The van der Waals surface area contributed by atoms with Crippen molar-refractivity contribution in [2.75, 3.05) is 34.1 Å². The first-order valence-electron chi connectivity index (χ1n) is 3.75. The van der Waals surface area contributed by atoms with Gasteiger partial charge in [0.1, 0.15) is 13.6 Å². The van der Waals surface area contributed by atoms with Crippen molar-refractivity contribution < 1.29 is 18.9 Å². The summed E-state index contributed by atoms with van der Waals surface area (Å²) in [5, 5.41) is 0. The van der Waals surface area contributed by atoms with Gasteiger partial charge in [-0.05, 0) is 6.92 Å². The molecule has 0 rings (SSSR count). The fourth-order valence-corrected chi connectivity index (χ4v) is 0.482. The van der Waals surface area contributed by atoms with E-state index in [9.17, 15) is 0 Å². The molecule has 0 unspecified atom stereocenters. The van der Waals surface area contributed by atoms with Crippen molar-refractivity contribution in [3.63, 3.8) is 0 Å². The Morgan fingerprint density at radius 3 is 2.33 bits per heavy atom. The van der Waals surface area contributed by atoms with E-state index in [1.54, 1.807) is 7.11 Å². The molecule has 0 aromatic rings. The molecule has 0 heterocycles. The lowest BCUT2D eigenvalue weighted by Crippen LogP contribution is -2.06. The smallest absolute Gasteiger partial charge is 0.152 e. The first kappa shape index (κ1) is 11.6. The van der Waals surface area contributed by atoms with Crippen LogP contribution < -0.4 is 0 Å². The third-order valence-electron chi connectivity index (χ3n) is 0.984. The topological polar surface area (TPSA) is 36.9 Å². The number of hydrogen-bond acceptors (Lipinski definition) is 4. The van der Waals surface area contributed by atoms with Crippen molar-refractivity contribution in [1.82, 2.24) is 0 Å². The highest BCUT2D eigenvalue weighted by Crippen LogP contribution is 1.82. The Morgan fingerprint density at radius 2 is 1.67 bits per heavy atom. The molecule has 0 N–H and O–H groups in total. The summed E-state index contributed by atoms with van der Waals surface area (Å²) in [6, 6.07) is 0. The average molecular weight is 176 g/mol. The van der Waals surface area contributed by atoms with E-state index < -0.39 is 0 Å². The zero-order valence-corrected chi connectivity index (χ0v) is 7.62. The Hall–Kier alpha value is -0.420. The molecule has 4 heteroatoms. The predicted octanol–water partition coefficient (Wildman–Crippen LogP) is 1.13. The number of rotatable bonds is 8. The number of allylic oxidation sites excluding steroid dienone is 1. The second kappa shape index (κ2) is 10.6. The van der Waals surface area contributed by atoms with Gasteiger partial charge in [-0.3, -0.25) is 0 Å². The molecule has 0 aliphatic rings. The van der Waals surface area contributed by atoms with Crippen molar-refractivity contribution in [2.24, 2.45) is 0 Å². The number of hydrogen-bond donors (Lipinski definition) is 0. The van der Waals surface area contributed by atoms with Gasteiger partial charge in [0.05, 0.1) is 6.61 Å². The number of methoxy groups -OCH3 is 1. The molecule has 4 nitrogen and oxygen atoms in total. The maximum atomic E-state index is 5.02. The van der Waals surface area contributed by atoms with Gasteiger partial charge in [-0.15, -0.1) is 0 Å².